The molecule has 0 bridgehead atoms. The predicted molar refractivity (Wildman–Crippen MR) is 78.1 cm³/mol. The van der Waals surface area contributed by atoms with Crippen molar-refractivity contribution in [3.63, 3.8) is 0 Å². The third-order valence-electron chi connectivity index (χ3n) is 4.74. The summed E-state index contributed by atoms with van der Waals surface area (Å²) < 4.78 is 0. The molecule has 0 aromatic heterocycles. The first kappa shape index (κ1) is 14.8. The zero-order valence-electron chi connectivity index (χ0n) is 12.5. The number of nitrogens with one attached hydrogen (secondary N) is 1. The van der Waals surface area contributed by atoms with Gasteiger partial charge in [-0.2, -0.15) is 0 Å². The molecular weight excluding hydrogens is 238 g/mol. The van der Waals surface area contributed by atoms with Crippen LogP contribution < -0.4 is 5.32 Å². The second-order valence-electron chi connectivity index (χ2n) is 6.10. The van der Waals surface area contributed by atoms with Crippen LogP contribution in [0.1, 0.15) is 39.0 Å². The van der Waals surface area contributed by atoms with Gasteiger partial charge in [0.2, 0.25) is 5.91 Å². The maximum absolute atomic E-state index is 12.3. The molecule has 0 aromatic carbocycles. The molecule has 110 valence electrons. The SMILES string of the molecule is CCN1CCCC1CN(C)C(=O)CC1CCNCC1. The lowest BCUT2D eigenvalue weighted by molar-refractivity contribution is -0.131. The van der Waals surface area contributed by atoms with E-state index in [4.69, 9.17) is 0 Å². The molecule has 0 spiro atoms. The van der Waals surface area contributed by atoms with Crippen LogP contribution in [0.15, 0.2) is 0 Å². The van der Waals surface area contributed by atoms with Crippen molar-refractivity contribution < 1.29 is 4.79 Å². The van der Waals surface area contributed by atoms with Gasteiger partial charge in [-0.15, -0.1) is 0 Å². The number of hydrogen-bond donors (Lipinski definition) is 1. The number of carbonyl (C=O) groups is 1. The van der Waals surface area contributed by atoms with Crippen molar-refractivity contribution >= 4 is 5.91 Å². The molecule has 0 aromatic rings. The first-order valence-electron chi connectivity index (χ1n) is 7.89. The predicted octanol–water partition coefficient (Wildman–Crippen LogP) is 1.32. The summed E-state index contributed by atoms with van der Waals surface area (Å²) in [4.78, 5) is 16.8. The Morgan fingerprint density at radius 2 is 2.05 bits per heavy atom. The van der Waals surface area contributed by atoms with Gasteiger partial charge in [-0.25, -0.2) is 0 Å². The van der Waals surface area contributed by atoms with Gasteiger partial charge in [0, 0.05) is 26.1 Å². The lowest BCUT2D eigenvalue weighted by atomic mass is 9.94. The van der Waals surface area contributed by atoms with Crippen molar-refractivity contribution in [1.82, 2.24) is 15.1 Å². The van der Waals surface area contributed by atoms with E-state index in [0.717, 1.165) is 45.4 Å². The van der Waals surface area contributed by atoms with E-state index >= 15 is 0 Å². The Kier molecular flexibility index (Phi) is 5.64. The second kappa shape index (κ2) is 7.25. The molecular formula is C15H29N3O. The van der Waals surface area contributed by atoms with Crippen molar-refractivity contribution in [2.45, 2.75) is 45.1 Å². The van der Waals surface area contributed by atoms with Crippen LogP contribution >= 0.6 is 0 Å². The highest BCUT2D eigenvalue weighted by Gasteiger charge is 2.26. The van der Waals surface area contributed by atoms with Crippen LogP contribution in [0.5, 0.6) is 0 Å². The van der Waals surface area contributed by atoms with E-state index in [1.165, 1.54) is 19.4 Å². The fraction of sp³-hybridized carbons (Fsp3) is 0.933. The standard InChI is InChI=1S/C15H29N3O/c1-3-18-10-4-5-14(18)12-17(2)15(19)11-13-6-8-16-9-7-13/h13-14,16H,3-12H2,1-2H3. The summed E-state index contributed by atoms with van der Waals surface area (Å²) in [5.41, 5.74) is 0. The maximum Gasteiger partial charge on any atom is 0.222 e. The summed E-state index contributed by atoms with van der Waals surface area (Å²) in [6.45, 7) is 7.60. The topological polar surface area (TPSA) is 35.6 Å². The van der Waals surface area contributed by atoms with Gasteiger partial charge in [0.05, 0.1) is 0 Å². The number of likely N-dealkylation sites (tertiary alicyclic amines) is 1. The van der Waals surface area contributed by atoms with Crippen LogP contribution in [0.25, 0.3) is 0 Å². The van der Waals surface area contributed by atoms with Gasteiger partial charge in [0.1, 0.15) is 0 Å². The molecule has 2 heterocycles. The fourth-order valence-electron chi connectivity index (χ4n) is 3.42. The van der Waals surface area contributed by atoms with Gasteiger partial charge in [0.25, 0.3) is 0 Å². The molecule has 2 fully saturated rings. The van der Waals surface area contributed by atoms with Crippen LogP contribution in [-0.2, 0) is 4.79 Å². The van der Waals surface area contributed by atoms with Crippen molar-refractivity contribution in [1.29, 1.82) is 0 Å². The Balaban J connectivity index is 1.75. The van der Waals surface area contributed by atoms with E-state index in [1.807, 2.05) is 11.9 Å². The van der Waals surface area contributed by atoms with Crippen LogP contribution in [0.3, 0.4) is 0 Å². The third kappa shape index (κ3) is 4.18. The fourth-order valence-corrected chi connectivity index (χ4v) is 3.42. The molecule has 1 atom stereocenters. The Hall–Kier alpha value is -0.610. The van der Waals surface area contributed by atoms with Gasteiger partial charge < -0.3 is 10.2 Å². The Morgan fingerprint density at radius 3 is 2.74 bits per heavy atom. The number of amides is 1. The first-order chi connectivity index (χ1) is 9.20. The van der Waals surface area contributed by atoms with Crippen LogP contribution in [0, 0.1) is 5.92 Å². The third-order valence-corrected chi connectivity index (χ3v) is 4.74. The van der Waals surface area contributed by atoms with Crippen LogP contribution in [-0.4, -0.2) is 61.5 Å². The van der Waals surface area contributed by atoms with E-state index in [0.29, 0.717) is 17.9 Å². The van der Waals surface area contributed by atoms with Crippen LogP contribution in [0.4, 0.5) is 0 Å². The Morgan fingerprint density at radius 1 is 1.32 bits per heavy atom. The molecule has 4 nitrogen and oxygen atoms in total. The van der Waals surface area contributed by atoms with Crippen LogP contribution in [0.2, 0.25) is 0 Å². The largest absolute Gasteiger partial charge is 0.344 e. The van der Waals surface area contributed by atoms with Gasteiger partial charge in [-0.1, -0.05) is 6.92 Å². The molecule has 1 amide bonds. The molecule has 2 aliphatic rings. The first-order valence-corrected chi connectivity index (χ1v) is 7.89. The smallest absolute Gasteiger partial charge is 0.222 e. The van der Waals surface area contributed by atoms with E-state index in [9.17, 15) is 4.79 Å². The highest BCUT2D eigenvalue weighted by atomic mass is 16.2. The molecule has 0 saturated carbocycles. The summed E-state index contributed by atoms with van der Waals surface area (Å²) in [5, 5.41) is 3.36. The summed E-state index contributed by atoms with van der Waals surface area (Å²) in [7, 11) is 1.98. The monoisotopic (exact) mass is 267 g/mol. The number of likely N-dealkylation sites (N-methyl/N-ethyl adjacent to an activating group) is 2. The average Bonchev–Trinajstić information content (AvgIpc) is 2.87. The summed E-state index contributed by atoms with van der Waals surface area (Å²) in [6, 6.07) is 0.590. The minimum atomic E-state index is 0.342. The number of nitrogens with zero attached hydrogens (tertiary/aromatic N) is 2. The minimum Gasteiger partial charge on any atom is -0.344 e. The van der Waals surface area contributed by atoms with Crippen molar-refractivity contribution in [3.8, 4) is 0 Å². The Bertz CT molecular complexity index is 289. The summed E-state index contributed by atoms with van der Waals surface area (Å²) in [5.74, 6) is 0.942. The second-order valence-corrected chi connectivity index (χ2v) is 6.10. The molecule has 1 unspecified atom stereocenters. The van der Waals surface area contributed by atoms with Crippen molar-refractivity contribution in [2.75, 3.05) is 39.8 Å². The molecule has 0 aliphatic carbocycles. The van der Waals surface area contributed by atoms with Gasteiger partial charge in [0.15, 0.2) is 0 Å². The van der Waals surface area contributed by atoms with Gasteiger partial charge in [-0.05, 0) is 57.8 Å². The highest BCUT2D eigenvalue weighted by molar-refractivity contribution is 5.76. The number of piperidine rings is 1. The van der Waals surface area contributed by atoms with Crippen molar-refractivity contribution in [3.05, 3.63) is 0 Å². The number of carbonyl (C=O) groups excluding carboxylic acids is 1. The lowest BCUT2D eigenvalue weighted by Crippen LogP contribution is -2.42. The highest BCUT2D eigenvalue weighted by Crippen LogP contribution is 2.20. The molecule has 2 rings (SSSR count). The zero-order chi connectivity index (χ0) is 13.7. The number of rotatable bonds is 5. The summed E-state index contributed by atoms with van der Waals surface area (Å²) >= 11 is 0. The average molecular weight is 267 g/mol. The van der Waals surface area contributed by atoms with Gasteiger partial charge in [-0.3, -0.25) is 9.69 Å². The minimum absolute atomic E-state index is 0.342. The lowest BCUT2D eigenvalue weighted by Gasteiger charge is -2.29. The van der Waals surface area contributed by atoms with Crippen molar-refractivity contribution in [2.24, 2.45) is 5.92 Å². The zero-order valence-corrected chi connectivity index (χ0v) is 12.5. The van der Waals surface area contributed by atoms with E-state index in [2.05, 4.69) is 17.1 Å². The molecule has 2 saturated heterocycles. The van der Waals surface area contributed by atoms with Gasteiger partial charge >= 0.3 is 0 Å². The Labute approximate surface area is 117 Å². The molecule has 19 heavy (non-hydrogen) atoms. The summed E-state index contributed by atoms with van der Waals surface area (Å²) in [6.07, 6.45) is 5.60. The van der Waals surface area contributed by atoms with E-state index in [1.54, 1.807) is 0 Å². The quantitative estimate of drug-likeness (QED) is 0.816. The normalized spacial score (nSPS) is 25.7. The molecule has 1 N–H and O–H groups in total. The maximum atomic E-state index is 12.3. The molecule has 0 radical (unpaired) electrons. The van der Waals surface area contributed by atoms with E-state index in [-0.39, 0.29) is 0 Å². The van der Waals surface area contributed by atoms with E-state index < -0.39 is 0 Å². The molecule has 4 heteroatoms. The molecule has 2 aliphatic heterocycles. The number of hydrogen-bond acceptors (Lipinski definition) is 3.